The lowest BCUT2D eigenvalue weighted by atomic mass is 10.2. The molecule has 0 aromatic heterocycles. The molecule has 0 aliphatic carbocycles. The molecule has 0 saturated carbocycles. The molecule has 0 radical (unpaired) electrons. The first kappa shape index (κ1) is 15.3. The van der Waals surface area contributed by atoms with Crippen molar-refractivity contribution >= 4 is 39.5 Å². The van der Waals surface area contributed by atoms with E-state index >= 15 is 0 Å². The van der Waals surface area contributed by atoms with E-state index in [2.05, 4.69) is 61.9 Å². The van der Waals surface area contributed by atoms with Crippen LogP contribution in [0, 0.1) is 0 Å². The molecule has 1 atom stereocenters. The second kappa shape index (κ2) is 5.93. The van der Waals surface area contributed by atoms with Gasteiger partial charge in [0.15, 0.2) is 3.78 Å². The third-order valence-corrected chi connectivity index (χ3v) is 5.45. The smallest absolute Gasteiger partial charge is 0.181 e. The van der Waals surface area contributed by atoms with Crippen LogP contribution in [0.25, 0.3) is 0 Å². The van der Waals surface area contributed by atoms with Crippen LogP contribution < -0.4 is 11.1 Å². The molecule has 98 valence electrons. The molecule has 0 aromatic rings. The zero-order chi connectivity index (χ0) is 13.2. The SMILES string of the molecule is CC1=CC(SC(C)C)=C(N)C(Br)(SC(C)C)N1. The maximum absolute atomic E-state index is 6.30. The standard InChI is InChI=1S/C12H21BrN2S2/c1-7(2)16-10-6-9(5)15-12(13,11(10)14)17-8(3)4/h6-8,15H,14H2,1-5H3. The third kappa shape index (κ3) is 4.14. The van der Waals surface area contributed by atoms with Crippen molar-refractivity contribution in [1.82, 2.24) is 5.32 Å². The first-order chi connectivity index (χ1) is 7.74. The average Bonchev–Trinajstić information content (AvgIpc) is 2.10. The van der Waals surface area contributed by atoms with E-state index in [1.54, 1.807) is 11.8 Å². The summed E-state index contributed by atoms with van der Waals surface area (Å²) in [6.07, 6.45) is 2.13. The maximum Gasteiger partial charge on any atom is 0.181 e. The van der Waals surface area contributed by atoms with Gasteiger partial charge in [-0.3, -0.25) is 0 Å². The fourth-order valence-electron chi connectivity index (χ4n) is 1.56. The van der Waals surface area contributed by atoms with Gasteiger partial charge in [-0.2, -0.15) is 0 Å². The van der Waals surface area contributed by atoms with Gasteiger partial charge >= 0.3 is 0 Å². The largest absolute Gasteiger partial charge is 0.398 e. The zero-order valence-corrected chi connectivity index (χ0v) is 14.2. The molecule has 1 aliphatic heterocycles. The molecule has 5 heteroatoms. The molecule has 0 fully saturated rings. The Hall–Kier alpha value is 0.260. The second-order valence-electron chi connectivity index (χ2n) is 4.66. The van der Waals surface area contributed by atoms with Gasteiger partial charge in [0.2, 0.25) is 0 Å². The van der Waals surface area contributed by atoms with E-state index in [-0.39, 0.29) is 3.78 Å². The predicted octanol–water partition coefficient (Wildman–Crippen LogP) is 4.00. The number of rotatable bonds is 4. The van der Waals surface area contributed by atoms with Crippen molar-refractivity contribution in [3.63, 3.8) is 0 Å². The van der Waals surface area contributed by atoms with Crippen LogP contribution in [0.1, 0.15) is 34.6 Å². The van der Waals surface area contributed by atoms with Crippen LogP contribution in [0.15, 0.2) is 22.4 Å². The van der Waals surface area contributed by atoms with Crippen LogP contribution >= 0.6 is 39.5 Å². The Kier molecular flexibility index (Phi) is 5.35. The Bertz CT molecular complexity index is 350. The Labute approximate surface area is 121 Å². The average molecular weight is 337 g/mol. The maximum atomic E-state index is 6.30. The van der Waals surface area contributed by atoms with Gasteiger partial charge in [0.1, 0.15) is 0 Å². The quantitative estimate of drug-likeness (QED) is 0.601. The zero-order valence-electron chi connectivity index (χ0n) is 11.0. The topological polar surface area (TPSA) is 38.0 Å². The molecular formula is C12H21BrN2S2. The van der Waals surface area contributed by atoms with E-state index in [0.29, 0.717) is 10.5 Å². The Morgan fingerprint density at radius 2 is 1.88 bits per heavy atom. The van der Waals surface area contributed by atoms with Crippen LogP contribution in [-0.4, -0.2) is 14.3 Å². The Morgan fingerprint density at radius 1 is 1.29 bits per heavy atom. The summed E-state index contributed by atoms with van der Waals surface area (Å²) >= 11 is 7.35. The van der Waals surface area contributed by atoms with Crippen LogP contribution in [0.2, 0.25) is 0 Å². The van der Waals surface area contributed by atoms with E-state index in [1.165, 1.54) is 4.91 Å². The van der Waals surface area contributed by atoms with E-state index < -0.39 is 0 Å². The second-order valence-corrected chi connectivity index (χ2v) is 9.78. The first-order valence-corrected chi connectivity index (χ1v) is 8.30. The van der Waals surface area contributed by atoms with Crippen molar-refractivity contribution in [3.8, 4) is 0 Å². The number of nitrogens with one attached hydrogen (secondary N) is 1. The van der Waals surface area contributed by atoms with Crippen molar-refractivity contribution in [2.24, 2.45) is 5.73 Å². The van der Waals surface area contributed by atoms with E-state index in [1.807, 2.05) is 11.8 Å². The molecule has 1 unspecified atom stereocenters. The van der Waals surface area contributed by atoms with Crippen molar-refractivity contribution in [2.75, 3.05) is 0 Å². The highest BCUT2D eigenvalue weighted by atomic mass is 79.9. The van der Waals surface area contributed by atoms with Crippen molar-refractivity contribution < 1.29 is 0 Å². The van der Waals surface area contributed by atoms with Gasteiger partial charge < -0.3 is 11.1 Å². The highest BCUT2D eigenvalue weighted by Gasteiger charge is 2.36. The fraction of sp³-hybridized carbons (Fsp3) is 0.667. The van der Waals surface area contributed by atoms with Gasteiger partial charge in [0, 0.05) is 21.1 Å². The molecule has 0 bridgehead atoms. The first-order valence-electron chi connectivity index (χ1n) is 5.74. The number of dihydropyridines is 1. The Morgan fingerprint density at radius 3 is 2.35 bits per heavy atom. The van der Waals surface area contributed by atoms with Crippen molar-refractivity contribution in [2.45, 2.75) is 48.9 Å². The molecule has 0 aromatic carbocycles. The highest BCUT2D eigenvalue weighted by Crippen LogP contribution is 2.44. The number of hydrogen-bond acceptors (Lipinski definition) is 4. The number of allylic oxidation sites excluding steroid dienone is 2. The van der Waals surface area contributed by atoms with E-state index in [4.69, 9.17) is 5.73 Å². The number of alkyl halides is 1. The lowest BCUT2D eigenvalue weighted by Gasteiger charge is -2.36. The van der Waals surface area contributed by atoms with Gasteiger partial charge in [-0.05, 0) is 28.9 Å². The summed E-state index contributed by atoms with van der Waals surface area (Å²) in [5.41, 5.74) is 8.32. The number of halogens is 1. The number of thioether (sulfide) groups is 2. The number of hydrogen-bond donors (Lipinski definition) is 2. The Balaban J connectivity index is 3.03. The van der Waals surface area contributed by atoms with Crippen LogP contribution in [0.3, 0.4) is 0 Å². The fourth-order valence-corrected chi connectivity index (χ4v) is 5.54. The van der Waals surface area contributed by atoms with Gasteiger partial charge in [-0.25, -0.2) is 0 Å². The van der Waals surface area contributed by atoms with Gasteiger partial charge in [0.05, 0.1) is 5.70 Å². The van der Waals surface area contributed by atoms with Crippen LogP contribution in [-0.2, 0) is 0 Å². The summed E-state index contributed by atoms with van der Waals surface area (Å²) in [6, 6.07) is 0. The lowest BCUT2D eigenvalue weighted by Crippen LogP contribution is -2.43. The molecule has 3 N–H and O–H groups in total. The normalized spacial score (nSPS) is 25.3. The molecule has 0 spiro atoms. The summed E-state index contributed by atoms with van der Waals surface area (Å²) in [4.78, 5) is 1.17. The summed E-state index contributed by atoms with van der Waals surface area (Å²) in [6.45, 7) is 10.8. The van der Waals surface area contributed by atoms with Crippen LogP contribution in [0.4, 0.5) is 0 Å². The highest BCUT2D eigenvalue weighted by molar-refractivity contribution is 9.12. The van der Waals surface area contributed by atoms with Crippen molar-refractivity contribution in [1.29, 1.82) is 0 Å². The summed E-state index contributed by atoms with van der Waals surface area (Å²) < 4.78 is -0.364. The minimum Gasteiger partial charge on any atom is -0.398 e. The van der Waals surface area contributed by atoms with E-state index in [0.717, 1.165) is 11.4 Å². The summed E-state index contributed by atoms with van der Waals surface area (Å²) in [5, 5.41) is 4.45. The molecule has 0 saturated heterocycles. The van der Waals surface area contributed by atoms with Crippen molar-refractivity contribution in [3.05, 3.63) is 22.4 Å². The van der Waals surface area contributed by atoms with E-state index in [9.17, 15) is 0 Å². The molecule has 0 amide bonds. The summed E-state index contributed by atoms with van der Waals surface area (Å²) in [5.74, 6) is 0. The van der Waals surface area contributed by atoms with Gasteiger partial charge in [-0.15, -0.1) is 23.5 Å². The monoisotopic (exact) mass is 336 g/mol. The third-order valence-electron chi connectivity index (χ3n) is 2.08. The molecule has 17 heavy (non-hydrogen) atoms. The minimum absolute atomic E-state index is 0.364. The predicted molar refractivity (Wildman–Crippen MR) is 85.2 cm³/mol. The molecule has 1 heterocycles. The minimum atomic E-state index is -0.364. The molecule has 2 nitrogen and oxygen atoms in total. The van der Waals surface area contributed by atoms with Gasteiger partial charge in [-0.1, -0.05) is 27.7 Å². The molecule has 1 aliphatic rings. The summed E-state index contributed by atoms with van der Waals surface area (Å²) in [7, 11) is 0. The van der Waals surface area contributed by atoms with Gasteiger partial charge in [0.25, 0.3) is 0 Å². The molecular weight excluding hydrogens is 316 g/mol. The van der Waals surface area contributed by atoms with Crippen LogP contribution in [0.5, 0.6) is 0 Å². The molecule has 1 rings (SSSR count). The lowest BCUT2D eigenvalue weighted by molar-refractivity contribution is 0.754. The number of nitrogens with two attached hydrogens (primary N) is 1.